The van der Waals surface area contributed by atoms with Crippen LogP contribution in [-0.4, -0.2) is 53.4 Å². The summed E-state index contributed by atoms with van der Waals surface area (Å²) in [4.78, 5) is 50.3. The molecule has 0 saturated carbocycles. The van der Waals surface area contributed by atoms with E-state index in [1.807, 2.05) is 6.92 Å². The Balaban J connectivity index is 1.64. The number of imide groups is 1. The number of aryl methyl sites for hydroxylation is 1. The number of carbonyl (C=O) groups is 3. The van der Waals surface area contributed by atoms with E-state index in [4.69, 9.17) is 21.2 Å². The maximum absolute atomic E-state index is 13.4. The zero-order chi connectivity index (χ0) is 25.3. The maximum atomic E-state index is 13.4. The second kappa shape index (κ2) is 10.2. The third-order valence-corrected chi connectivity index (χ3v) is 6.56. The van der Waals surface area contributed by atoms with Crippen molar-refractivity contribution in [2.75, 3.05) is 20.8 Å². The number of benzene rings is 2. The third-order valence-electron chi connectivity index (χ3n) is 5.72. The highest BCUT2D eigenvalue weighted by Crippen LogP contribution is 2.30. The summed E-state index contributed by atoms with van der Waals surface area (Å²) in [6, 6.07) is 14.3. The number of amides is 3. The van der Waals surface area contributed by atoms with Crippen LogP contribution in [0.1, 0.15) is 48.4 Å². The van der Waals surface area contributed by atoms with Crippen molar-refractivity contribution in [1.29, 1.82) is 0 Å². The van der Waals surface area contributed by atoms with Crippen LogP contribution in [0.2, 0.25) is 5.02 Å². The number of ether oxygens (including phenoxy) is 1. The zero-order valence-electron chi connectivity index (χ0n) is 19.1. The first-order valence-electron chi connectivity index (χ1n) is 10.6. The van der Waals surface area contributed by atoms with Crippen molar-refractivity contribution in [3.8, 4) is 5.88 Å². The fourth-order valence-electron chi connectivity index (χ4n) is 3.86. The van der Waals surface area contributed by atoms with Gasteiger partial charge in [0, 0.05) is 12.1 Å². The molecule has 0 N–H and O–H groups in total. The van der Waals surface area contributed by atoms with Crippen LogP contribution in [0.3, 0.4) is 0 Å². The van der Waals surface area contributed by atoms with Crippen LogP contribution in [0.5, 0.6) is 5.88 Å². The molecule has 1 aliphatic rings. The number of nitrogens with zero attached hydrogens (tertiary/aromatic N) is 3. The van der Waals surface area contributed by atoms with Crippen LogP contribution in [0.25, 0.3) is 0 Å². The highest BCUT2D eigenvalue weighted by atomic mass is 79.9. The molecular weight excluding hydrogens is 538 g/mol. The molecule has 0 fully saturated rings. The van der Waals surface area contributed by atoms with E-state index in [0.29, 0.717) is 9.50 Å². The van der Waals surface area contributed by atoms with Gasteiger partial charge in [-0.05, 0) is 70.4 Å². The van der Waals surface area contributed by atoms with E-state index in [0.717, 1.165) is 16.2 Å². The second-order valence-electron chi connectivity index (χ2n) is 7.87. The summed E-state index contributed by atoms with van der Waals surface area (Å²) in [6.07, 6.45) is 0. The lowest BCUT2D eigenvalue weighted by Crippen LogP contribution is -2.38. The van der Waals surface area contributed by atoms with Crippen molar-refractivity contribution in [3.63, 3.8) is 0 Å². The largest absolute Gasteiger partial charge is 0.480 e. The van der Waals surface area contributed by atoms with Crippen molar-refractivity contribution in [3.05, 3.63) is 92.0 Å². The van der Waals surface area contributed by atoms with E-state index in [1.165, 1.54) is 12.0 Å². The number of halogens is 2. The minimum Gasteiger partial charge on any atom is -0.480 e. The highest BCUT2D eigenvalue weighted by Gasteiger charge is 2.38. The first-order chi connectivity index (χ1) is 16.7. The molecule has 3 aromatic rings. The van der Waals surface area contributed by atoms with Crippen molar-refractivity contribution >= 4 is 45.3 Å². The number of fused-ring (bicyclic) bond motifs is 1. The smallest absolute Gasteiger partial charge is 0.285 e. The number of hydroxylamine groups is 2. The molecule has 0 saturated heterocycles. The molecule has 1 atom stereocenters. The van der Waals surface area contributed by atoms with Crippen LogP contribution >= 0.6 is 27.5 Å². The predicted octanol–water partition coefficient (Wildman–Crippen LogP) is 4.86. The molecule has 4 rings (SSSR count). The Morgan fingerprint density at radius 1 is 1.11 bits per heavy atom. The molecule has 180 valence electrons. The van der Waals surface area contributed by atoms with Crippen molar-refractivity contribution in [1.82, 2.24) is 14.9 Å². The third kappa shape index (κ3) is 4.80. The van der Waals surface area contributed by atoms with Crippen molar-refractivity contribution in [2.45, 2.75) is 13.0 Å². The lowest BCUT2D eigenvalue weighted by atomic mass is 10.0. The summed E-state index contributed by atoms with van der Waals surface area (Å²) in [6.45, 7) is 1.69. The number of hydrogen-bond acceptors (Lipinski definition) is 6. The molecule has 0 bridgehead atoms. The summed E-state index contributed by atoms with van der Waals surface area (Å²) >= 11 is 9.47. The van der Waals surface area contributed by atoms with Gasteiger partial charge in [0.25, 0.3) is 17.7 Å². The normalized spacial score (nSPS) is 13.6. The van der Waals surface area contributed by atoms with Gasteiger partial charge in [-0.15, -0.1) is 5.06 Å². The molecule has 35 heavy (non-hydrogen) atoms. The number of hydrogen-bond donors (Lipinski definition) is 0. The maximum Gasteiger partial charge on any atom is 0.285 e. The molecule has 10 heteroatoms. The van der Waals surface area contributed by atoms with E-state index >= 15 is 0 Å². The van der Waals surface area contributed by atoms with Crippen molar-refractivity contribution < 1.29 is 24.0 Å². The minimum atomic E-state index is -0.666. The van der Waals surface area contributed by atoms with E-state index in [1.54, 1.807) is 61.6 Å². The zero-order valence-corrected chi connectivity index (χ0v) is 21.5. The lowest BCUT2D eigenvalue weighted by molar-refractivity contribution is -0.105. The number of methoxy groups -OCH3 is 1. The first kappa shape index (κ1) is 24.8. The van der Waals surface area contributed by atoms with Crippen LogP contribution < -0.4 is 4.74 Å². The first-order valence-corrected chi connectivity index (χ1v) is 11.7. The summed E-state index contributed by atoms with van der Waals surface area (Å²) in [5.41, 5.74) is 2.25. The molecule has 8 nitrogen and oxygen atoms in total. The van der Waals surface area contributed by atoms with Gasteiger partial charge in [0.1, 0.15) is 12.3 Å². The van der Waals surface area contributed by atoms with Gasteiger partial charge in [0.2, 0.25) is 5.88 Å². The summed E-state index contributed by atoms with van der Waals surface area (Å²) in [5.74, 6) is -1.23. The molecule has 1 aliphatic heterocycles. The van der Waals surface area contributed by atoms with E-state index in [2.05, 4.69) is 20.9 Å². The Bertz CT molecular complexity index is 1300. The van der Waals surface area contributed by atoms with Crippen LogP contribution in [0.15, 0.2) is 59.1 Å². The molecule has 0 radical (unpaired) electrons. The average Bonchev–Trinajstić information content (AvgIpc) is 3.09. The topological polar surface area (TPSA) is 89.0 Å². The van der Waals surface area contributed by atoms with Crippen molar-refractivity contribution in [2.24, 2.45) is 0 Å². The van der Waals surface area contributed by atoms with Gasteiger partial charge < -0.3 is 9.64 Å². The fraction of sp³-hybridized carbons (Fsp3) is 0.200. The average molecular weight is 559 g/mol. The van der Waals surface area contributed by atoms with E-state index in [9.17, 15) is 14.4 Å². The Labute approximate surface area is 215 Å². The van der Waals surface area contributed by atoms with Gasteiger partial charge in [-0.2, -0.15) is 0 Å². The SMILES string of the molecule is COc1nc(C(=O)N(C)C(CON2C(=O)c3ccccc3C2=O)c2ccc(Cl)cc2C)ccc1Br. The molecule has 0 spiro atoms. The number of rotatable bonds is 7. The molecule has 1 aromatic heterocycles. The Morgan fingerprint density at radius 3 is 2.37 bits per heavy atom. The Hall–Kier alpha value is -3.27. The standard InChI is InChI=1S/C25H21BrClN3O5/c1-14-12-15(27)8-9-16(14)21(29(2)25(33)20-11-10-19(26)22(28-20)34-3)13-35-30-23(31)17-6-4-5-7-18(17)24(30)32/h4-12,21H,13H2,1-3H3. The second-order valence-corrected chi connectivity index (χ2v) is 9.16. The quantitative estimate of drug-likeness (QED) is 0.385. The van der Waals surface area contributed by atoms with Crippen LogP contribution in [0, 0.1) is 6.92 Å². The molecule has 2 aromatic carbocycles. The number of carbonyl (C=O) groups excluding carboxylic acids is 3. The van der Waals surface area contributed by atoms with Gasteiger partial charge in [-0.1, -0.05) is 29.8 Å². The van der Waals surface area contributed by atoms with Gasteiger partial charge >= 0.3 is 0 Å². The van der Waals surface area contributed by atoms with Gasteiger partial charge in [0.15, 0.2) is 0 Å². The summed E-state index contributed by atoms with van der Waals surface area (Å²) in [7, 11) is 3.06. The Kier molecular flexibility index (Phi) is 7.20. The van der Waals surface area contributed by atoms with Gasteiger partial charge in [-0.3, -0.25) is 19.2 Å². The minimum absolute atomic E-state index is 0.157. The number of likely N-dealkylation sites (N-methyl/N-ethyl adjacent to an activating group) is 1. The molecular formula is C25H21BrClN3O5. The molecule has 3 amide bonds. The molecule has 0 aliphatic carbocycles. The van der Waals surface area contributed by atoms with Gasteiger partial charge in [0.05, 0.1) is 28.8 Å². The van der Waals surface area contributed by atoms with Crippen LogP contribution in [0.4, 0.5) is 0 Å². The number of aromatic nitrogens is 1. The summed E-state index contributed by atoms with van der Waals surface area (Å²) in [5, 5.41) is 1.28. The van der Waals surface area contributed by atoms with Gasteiger partial charge in [-0.25, -0.2) is 4.98 Å². The lowest BCUT2D eigenvalue weighted by Gasteiger charge is -2.30. The molecule has 1 unspecified atom stereocenters. The van der Waals surface area contributed by atoms with E-state index < -0.39 is 23.8 Å². The number of pyridine rings is 1. The monoisotopic (exact) mass is 557 g/mol. The predicted molar refractivity (Wildman–Crippen MR) is 132 cm³/mol. The van der Waals surface area contributed by atoms with Crippen LogP contribution in [-0.2, 0) is 4.84 Å². The Morgan fingerprint density at radius 2 is 1.77 bits per heavy atom. The molecule has 2 heterocycles. The fourth-order valence-corrected chi connectivity index (χ4v) is 4.47. The summed E-state index contributed by atoms with van der Waals surface area (Å²) < 4.78 is 5.82. The highest BCUT2D eigenvalue weighted by molar-refractivity contribution is 9.10. The van der Waals surface area contributed by atoms with E-state index in [-0.39, 0.29) is 29.3 Å².